The summed E-state index contributed by atoms with van der Waals surface area (Å²) in [5, 5.41) is 9.01. The number of H-pyrrole nitrogens is 1. The van der Waals surface area contributed by atoms with Gasteiger partial charge in [-0.15, -0.1) is 5.10 Å². The van der Waals surface area contributed by atoms with E-state index in [0.717, 1.165) is 11.8 Å². The van der Waals surface area contributed by atoms with Crippen LogP contribution in [0.3, 0.4) is 0 Å². The van der Waals surface area contributed by atoms with E-state index in [1.165, 1.54) is 9.25 Å². The van der Waals surface area contributed by atoms with Gasteiger partial charge in [0.1, 0.15) is 5.69 Å². The van der Waals surface area contributed by atoms with Gasteiger partial charge in [-0.1, -0.05) is 30.0 Å². The molecule has 1 atom stereocenters. The zero-order chi connectivity index (χ0) is 22.5. The van der Waals surface area contributed by atoms with Crippen LogP contribution in [-0.4, -0.2) is 49.0 Å². The Bertz CT molecular complexity index is 1160. The fourth-order valence-corrected chi connectivity index (χ4v) is 3.99. The van der Waals surface area contributed by atoms with E-state index < -0.39 is 5.25 Å². The van der Waals surface area contributed by atoms with Crippen molar-refractivity contribution in [3.63, 3.8) is 0 Å². The number of aromatic amines is 1. The summed E-state index contributed by atoms with van der Waals surface area (Å²) in [6.45, 7) is 4.42. The molecular formula is C20H26N6O4S. The van der Waals surface area contributed by atoms with Gasteiger partial charge >= 0.3 is 5.69 Å². The Balaban J connectivity index is 1.77. The molecule has 1 aromatic carbocycles. The second-order valence-electron chi connectivity index (χ2n) is 7.00. The number of amides is 1. The molecule has 0 radical (unpaired) electrons. The van der Waals surface area contributed by atoms with Crippen LogP contribution in [0.15, 0.2) is 45.1 Å². The highest BCUT2D eigenvalue weighted by Crippen LogP contribution is 2.22. The number of methoxy groups -OCH3 is 1. The molecule has 166 valence electrons. The van der Waals surface area contributed by atoms with E-state index in [2.05, 4.69) is 15.5 Å². The topological polar surface area (TPSA) is 116 Å². The molecule has 0 saturated heterocycles. The summed E-state index contributed by atoms with van der Waals surface area (Å²) in [6.07, 6.45) is 0.645. The molecule has 3 aromatic rings. The standard InChI is InChI=1S/C20H26N6O4S/c1-13-16(18(28)26(24(13)3)15-9-6-5-7-10-15)21-17(27)14(2)31-20-23-22-19(29)25(20)11-8-12-30-4/h5-7,9-10,14H,8,11-12H2,1-4H3,(H,21,27)(H,22,29)/t14-/m0/s1. The van der Waals surface area contributed by atoms with Crippen molar-refractivity contribution >= 4 is 23.4 Å². The smallest absolute Gasteiger partial charge is 0.343 e. The van der Waals surface area contributed by atoms with Crippen LogP contribution >= 0.6 is 11.8 Å². The maximum atomic E-state index is 13.0. The Labute approximate surface area is 183 Å². The summed E-state index contributed by atoms with van der Waals surface area (Å²) in [5.74, 6) is -0.352. The van der Waals surface area contributed by atoms with Crippen LogP contribution in [0.2, 0.25) is 0 Å². The number of carbonyl (C=O) groups is 1. The Morgan fingerprint density at radius 2 is 2.00 bits per heavy atom. The van der Waals surface area contributed by atoms with Gasteiger partial charge in [-0.3, -0.25) is 18.8 Å². The average molecular weight is 447 g/mol. The third-order valence-corrected chi connectivity index (χ3v) is 6.00. The van der Waals surface area contributed by atoms with Crippen LogP contribution in [0.25, 0.3) is 5.69 Å². The van der Waals surface area contributed by atoms with Gasteiger partial charge in [0.05, 0.1) is 16.6 Å². The molecule has 0 aliphatic carbocycles. The van der Waals surface area contributed by atoms with E-state index in [4.69, 9.17) is 4.74 Å². The lowest BCUT2D eigenvalue weighted by Gasteiger charge is -2.11. The summed E-state index contributed by atoms with van der Waals surface area (Å²) in [7, 11) is 3.36. The van der Waals surface area contributed by atoms with Crippen LogP contribution < -0.4 is 16.6 Å². The van der Waals surface area contributed by atoms with E-state index in [1.54, 1.807) is 32.7 Å². The number of rotatable bonds is 9. The first kappa shape index (κ1) is 22.6. The molecule has 11 heteroatoms. The van der Waals surface area contributed by atoms with E-state index in [0.29, 0.717) is 36.1 Å². The highest BCUT2D eigenvalue weighted by molar-refractivity contribution is 8.00. The number of hydrogen-bond donors (Lipinski definition) is 2. The lowest BCUT2D eigenvalue weighted by atomic mass is 10.3. The van der Waals surface area contributed by atoms with Crippen molar-refractivity contribution in [2.75, 3.05) is 19.0 Å². The Morgan fingerprint density at radius 1 is 1.29 bits per heavy atom. The van der Waals surface area contributed by atoms with Crippen LogP contribution in [0.5, 0.6) is 0 Å². The third-order valence-electron chi connectivity index (χ3n) is 4.91. The van der Waals surface area contributed by atoms with Crippen molar-refractivity contribution in [1.82, 2.24) is 24.1 Å². The fourth-order valence-electron chi connectivity index (χ4n) is 3.11. The monoisotopic (exact) mass is 446 g/mol. The van der Waals surface area contributed by atoms with Crippen LogP contribution in [0.4, 0.5) is 5.69 Å². The van der Waals surface area contributed by atoms with Gasteiger partial charge in [0.25, 0.3) is 5.56 Å². The van der Waals surface area contributed by atoms with Gasteiger partial charge in [-0.05, 0) is 32.4 Å². The SMILES string of the molecule is COCCCn1c(S[C@@H](C)C(=O)Nc2c(C)n(C)n(-c3ccccc3)c2=O)n[nH]c1=O. The minimum Gasteiger partial charge on any atom is -0.385 e. The fraction of sp³-hybridized carbons (Fsp3) is 0.400. The summed E-state index contributed by atoms with van der Waals surface area (Å²) in [4.78, 5) is 37.8. The molecule has 2 heterocycles. The minimum atomic E-state index is -0.583. The van der Waals surface area contributed by atoms with E-state index in [9.17, 15) is 14.4 Å². The molecule has 10 nitrogen and oxygen atoms in total. The van der Waals surface area contributed by atoms with Crippen molar-refractivity contribution in [2.45, 2.75) is 37.2 Å². The van der Waals surface area contributed by atoms with Crippen molar-refractivity contribution in [2.24, 2.45) is 7.05 Å². The van der Waals surface area contributed by atoms with Gasteiger partial charge in [-0.2, -0.15) is 0 Å². The Hall–Kier alpha value is -3.05. The number of nitrogens with zero attached hydrogens (tertiary/aromatic N) is 4. The number of aromatic nitrogens is 5. The van der Waals surface area contributed by atoms with Crippen LogP contribution in [-0.2, 0) is 23.1 Å². The van der Waals surface area contributed by atoms with Crippen molar-refractivity contribution < 1.29 is 9.53 Å². The zero-order valence-electron chi connectivity index (χ0n) is 17.9. The predicted octanol–water partition coefficient (Wildman–Crippen LogP) is 1.53. The van der Waals surface area contributed by atoms with Crippen molar-refractivity contribution in [3.8, 4) is 5.69 Å². The van der Waals surface area contributed by atoms with Gasteiger partial charge in [0, 0.05) is 27.3 Å². The number of para-hydroxylation sites is 1. The number of anilines is 1. The van der Waals surface area contributed by atoms with Gasteiger partial charge in [0.15, 0.2) is 5.16 Å². The molecule has 2 aromatic heterocycles. The largest absolute Gasteiger partial charge is 0.385 e. The molecule has 0 aliphatic heterocycles. The maximum Gasteiger partial charge on any atom is 0.343 e. The molecule has 0 spiro atoms. The Kier molecular flexibility index (Phi) is 7.18. The molecule has 1 amide bonds. The minimum absolute atomic E-state index is 0.225. The highest BCUT2D eigenvalue weighted by atomic mass is 32.2. The molecule has 0 bridgehead atoms. The third kappa shape index (κ3) is 4.83. The first-order valence-electron chi connectivity index (χ1n) is 9.80. The molecular weight excluding hydrogens is 420 g/mol. The molecule has 31 heavy (non-hydrogen) atoms. The first-order valence-corrected chi connectivity index (χ1v) is 10.7. The van der Waals surface area contributed by atoms with Crippen LogP contribution in [0, 0.1) is 6.92 Å². The lowest BCUT2D eigenvalue weighted by molar-refractivity contribution is -0.115. The van der Waals surface area contributed by atoms with Crippen molar-refractivity contribution in [1.29, 1.82) is 0 Å². The van der Waals surface area contributed by atoms with E-state index in [-0.39, 0.29) is 22.8 Å². The first-order chi connectivity index (χ1) is 14.8. The van der Waals surface area contributed by atoms with Gasteiger partial charge in [0.2, 0.25) is 5.91 Å². The quantitative estimate of drug-likeness (QED) is 0.380. The second-order valence-corrected chi connectivity index (χ2v) is 8.30. The number of nitrogens with one attached hydrogen (secondary N) is 2. The molecule has 0 aliphatic rings. The highest BCUT2D eigenvalue weighted by Gasteiger charge is 2.23. The lowest BCUT2D eigenvalue weighted by Crippen LogP contribution is -2.27. The van der Waals surface area contributed by atoms with Gasteiger partial charge in [-0.25, -0.2) is 14.6 Å². The number of carbonyl (C=O) groups excluding carboxylic acids is 1. The normalized spacial score (nSPS) is 12.1. The summed E-state index contributed by atoms with van der Waals surface area (Å²) < 4.78 is 9.70. The molecule has 3 rings (SSSR count). The number of ether oxygens (including phenoxy) is 1. The predicted molar refractivity (Wildman–Crippen MR) is 119 cm³/mol. The molecule has 0 saturated carbocycles. The summed E-state index contributed by atoms with van der Waals surface area (Å²) in [5.41, 5.74) is 0.917. The van der Waals surface area contributed by atoms with E-state index >= 15 is 0 Å². The Morgan fingerprint density at radius 3 is 2.68 bits per heavy atom. The summed E-state index contributed by atoms with van der Waals surface area (Å²) in [6, 6.07) is 9.21. The number of hydrogen-bond acceptors (Lipinski definition) is 6. The van der Waals surface area contributed by atoms with Gasteiger partial charge < -0.3 is 10.1 Å². The average Bonchev–Trinajstić information content (AvgIpc) is 3.20. The summed E-state index contributed by atoms with van der Waals surface area (Å²) >= 11 is 1.15. The maximum absolute atomic E-state index is 13.0. The molecule has 0 fully saturated rings. The van der Waals surface area contributed by atoms with E-state index in [1.807, 2.05) is 30.3 Å². The second kappa shape index (κ2) is 9.84. The zero-order valence-corrected chi connectivity index (χ0v) is 18.7. The van der Waals surface area contributed by atoms with Crippen LogP contribution in [0.1, 0.15) is 19.0 Å². The number of thioether (sulfide) groups is 1. The van der Waals surface area contributed by atoms with Crippen molar-refractivity contribution in [3.05, 3.63) is 56.9 Å². The molecule has 2 N–H and O–H groups in total. The number of benzene rings is 1. The molecule has 0 unspecified atom stereocenters.